The predicted molar refractivity (Wildman–Crippen MR) is 60.6 cm³/mol. The fourth-order valence-corrected chi connectivity index (χ4v) is 2.67. The summed E-state index contributed by atoms with van der Waals surface area (Å²) in [6, 6.07) is 5.90. The first kappa shape index (κ1) is 9.91. The third kappa shape index (κ3) is 1.52. The summed E-state index contributed by atoms with van der Waals surface area (Å²) < 4.78 is 1.09. The number of carbonyl (C=O) groups is 1. The van der Waals surface area contributed by atoms with Gasteiger partial charge in [0.1, 0.15) is 0 Å². The van der Waals surface area contributed by atoms with Gasteiger partial charge in [-0.2, -0.15) is 0 Å². The number of carbonyl (C=O) groups excluding carboxylic acids is 1. The Balaban J connectivity index is 2.35. The van der Waals surface area contributed by atoms with Gasteiger partial charge < -0.3 is 0 Å². The third-order valence-corrected chi connectivity index (χ3v) is 3.59. The van der Waals surface area contributed by atoms with Crippen LogP contribution in [0, 0.1) is 5.92 Å². The van der Waals surface area contributed by atoms with Crippen LogP contribution in [0.4, 0.5) is 0 Å². The van der Waals surface area contributed by atoms with Crippen molar-refractivity contribution in [2.75, 3.05) is 0 Å². The van der Waals surface area contributed by atoms with E-state index in [0.717, 1.165) is 29.3 Å². The summed E-state index contributed by atoms with van der Waals surface area (Å²) in [6.45, 7) is 2.13. The number of benzene rings is 1. The molecule has 1 aliphatic carbocycles. The monoisotopic (exact) mass is 252 g/mol. The summed E-state index contributed by atoms with van der Waals surface area (Å²) in [6.07, 6.45) is 3.02. The lowest BCUT2D eigenvalue weighted by Crippen LogP contribution is -2.07. The van der Waals surface area contributed by atoms with Gasteiger partial charge in [-0.05, 0) is 24.5 Å². The number of fused-ring (bicyclic) bond motifs is 1. The molecule has 0 heterocycles. The maximum Gasteiger partial charge on any atom is 0.166 e. The molecule has 1 aliphatic rings. The van der Waals surface area contributed by atoms with Crippen LogP contribution in [0.3, 0.4) is 0 Å². The minimum Gasteiger partial charge on any atom is -0.294 e. The molecule has 0 fully saturated rings. The van der Waals surface area contributed by atoms with Crippen molar-refractivity contribution in [3.63, 3.8) is 0 Å². The summed E-state index contributed by atoms with van der Waals surface area (Å²) in [5.74, 6) is 0.567. The Labute approximate surface area is 92.6 Å². The Hall–Kier alpha value is -0.630. The molecule has 14 heavy (non-hydrogen) atoms. The van der Waals surface area contributed by atoms with Crippen molar-refractivity contribution in [1.82, 2.24) is 0 Å². The van der Waals surface area contributed by atoms with Crippen LogP contribution in [0.1, 0.15) is 35.7 Å². The van der Waals surface area contributed by atoms with E-state index in [0.29, 0.717) is 5.78 Å². The first-order valence-electron chi connectivity index (χ1n) is 5.05. The van der Waals surface area contributed by atoms with Crippen LogP contribution in [0.15, 0.2) is 22.7 Å². The number of Topliss-reactive ketones (excluding diaryl/α,β-unsaturated/α-hetero) is 1. The van der Waals surface area contributed by atoms with E-state index in [1.54, 1.807) is 0 Å². The standard InChI is InChI=1S/C12H13BrO/c1-2-4-8-7-10-9(12(8)14)5-3-6-11(10)13/h3,5-6,8H,2,4,7H2,1H3. The van der Waals surface area contributed by atoms with E-state index in [-0.39, 0.29) is 5.92 Å². The molecular weight excluding hydrogens is 240 g/mol. The Morgan fingerprint density at radius 3 is 2.93 bits per heavy atom. The number of ketones is 1. The number of rotatable bonds is 2. The first-order valence-corrected chi connectivity index (χ1v) is 5.85. The second kappa shape index (κ2) is 3.85. The molecule has 1 unspecified atom stereocenters. The van der Waals surface area contributed by atoms with Gasteiger partial charge >= 0.3 is 0 Å². The molecule has 2 rings (SSSR count). The highest BCUT2D eigenvalue weighted by Crippen LogP contribution is 2.34. The van der Waals surface area contributed by atoms with Crippen molar-refractivity contribution >= 4 is 21.7 Å². The molecule has 2 heteroatoms. The summed E-state index contributed by atoms with van der Waals surface area (Å²) in [5, 5.41) is 0. The van der Waals surface area contributed by atoms with Gasteiger partial charge in [-0.3, -0.25) is 4.79 Å². The zero-order valence-electron chi connectivity index (χ0n) is 8.22. The highest BCUT2D eigenvalue weighted by atomic mass is 79.9. The topological polar surface area (TPSA) is 17.1 Å². The van der Waals surface area contributed by atoms with Crippen molar-refractivity contribution in [2.24, 2.45) is 5.92 Å². The Kier molecular flexibility index (Phi) is 2.73. The van der Waals surface area contributed by atoms with Gasteiger partial charge in [0, 0.05) is 16.0 Å². The van der Waals surface area contributed by atoms with Gasteiger partial charge in [-0.25, -0.2) is 0 Å². The lowest BCUT2D eigenvalue weighted by molar-refractivity contribution is 0.0930. The quantitative estimate of drug-likeness (QED) is 0.786. The second-order valence-electron chi connectivity index (χ2n) is 3.82. The van der Waals surface area contributed by atoms with Crippen LogP contribution in [0.2, 0.25) is 0 Å². The van der Waals surface area contributed by atoms with Crippen molar-refractivity contribution in [3.05, 3.63) is 33.8 Å². The Morgan fingerprint density at radius 2 is 2.29 bits per heavy atom. The molecule has 0 radical (unpaired) electrons. The van der Waals surface area contributed by atoms with Crippen molar-refractivity contribution < 1.29 is 4.79 Å². The van der Waals surface area contributed by atoms with Gasteiger partial charge in [0.15, 0.2) is 5.78 Å². The molecule has 0 spiro atoms. The molecular formula is C12H13BrO. The van der Waals surface area contributed by atoms with Gasteiger partial charge in [0.25, 0.3) is 0 Å². The number of halogens is 1. The van der Waals surface area contributed by atoms with Crippen LogP contribution < -0.4 is 0 Å². The summed E-state index contributed by atoms with van der Waals surface area (Å²) in [7, 11) is 0. The molecule has 0 aliphatic heterocycles. The van der Waals surface area contributed by atoms with Crippen molar-refractivity contribution in [1.29, 1.82) is 0 Å². The SMILES string of the molecule is CCCC1Cc2c(Br)cccc2C1=O. The molecule has 74 valence electrons. The first-order chi connectivity index (χ1) is 6.74. The Morgan fingerprint density at radius 1 is 1.50 bits per heavy atom. The van der Waals surface area contributed by atoms with E-state index in [9.17, 15) is 4.79 Å². The van der Waals surface area contributed by atoms with Gasteiger partial charge in [0.05, 0.1) is 0 Å². The molecule has 0 amide bonds. The van der Waals surface area contributed by atoms with Crippen LogP contribution in [-0.2, 0) is 6.42 Å². The molecule has 0 saturated carbocycles. The van der Waals surface area contributed by atoms with Gasteiger partial charge in [-0.15, -0.1) is 0 Å². The number of hydrogen-bond acceptors (Lipinski definition) is 1. The van der Waals surface area contributed by atoms with Crippen molar-refractivity contribution in [2.45, 2.75) is 26.2 Å². The van der Waals surface area contributed by atoms with Gasteiger partial charge in [0.2, 0.25) is 0 Å². The van der Waals surface area contributed by atoms with E-state index >= 15 is 0 Å². The second-order valence-corrected chi connectivity index (χ2v) is 4.67. The predicted octanol–water partition coefficient (Wildman–Crippen LogP) is 3.60. The lowest BCUT2D eigenvalue weighted by Gasteiger charge is -2.03. The van der Waals surface area contributed by atoms with Crippen LogP contribution >= 0.6 is 15.9 Å². The zero-order chi connectivity index (χ0) is 10.1. The molecule has 1 aromatic rings. The fourth-order valence-electron chi connectivity index (χ4n) is 2.14. The highest BCUT2D eigenvalue weighted by Gasteiger charge is 2.30. The summed E-state index contributed by atoms with van der Waals surface area (Å²) in [4.78, 5) is 11.9. The smallest absolute Gasteiger partial charge is 0.166 e. The molecule has 1 atom stereocenters. The molecule has 0 bridgehead atoms. The average Bonchev–Trinajstić information content (AvgIpc) is 2.48. The maximum absolute atomic E-state index is 11.9. The van der Waals surface area contributed by atoms with Crippen molar-refractivity contribution in [3.8, 4) is 0 Å². The van der Waals surface area contributed by atoms with E-state index in [4.69, 9.17) is 0 Å². The van der Waals surface area contributed by atoms with Crippen LogP contribution in [0.25, 0.3) is 0 Å². The van der Waals surface area contributed by atoms with E-state index in [1.165, 1.54) is 5.56 Å². The fraction of sp³-hybridized carbons (Fsp3) is 0.417. The third-order valence-electron chi connectivity index (χ3n) is 2.84. The average molecular weight is 253 g/mol. The van der Waals surface area contributed by atoms with E-state index in [2.05, 4.69) is 22.9 Å². The molecule has 1 nitrogen and oxygen atoms in total. The largest absolute Gasteiger partial charge is 0.294 e. The molecule has 0 saturated heterocycles. The highest BCUT2D eigenvalue weighted by molar-refractivity contribution is 9.10. The maximum atomic E-state index is 11.9. The van der Waals surface area contributed by atoms with E-state index in [1.807, 2.05) is 18.2 Å². The minimum absolute atomic E-state index is 0.230. The molecule has 0 N–H and O–H groups in total. The summed E-state index contributed by atoms with van der Waals surface area (Å²) in [5.41, 5.74) is 2.13. The van der Waals surface area contributed by atoms with E-state index < -0.39 is 0 Å². The Bertz CT molecular complexity index is 371. The zero-order valence-corrected chi connectivity index (χ0v) is 9.80. The van der Waals surface area contributed by atoms with Crippen LogP contribution in [-0.4, -0.2) is 5.78 Å². The molecule has 0 aromatic heterocycles. The normalized spacial score (nSPS) is 19.9. The number of hydrogen-bond donors (Lipinski definition) is 0. The molecule has 1 aromatic carbocycles. The van der Waals surface area contributed by atoms with Crippen LogP contribution in [0.5, 0.6) is 0 Å². The summed E-state index contributed by atoms with van der Waals surface area (Å²) >= 11 is 3.50. The van der Waals surface area contributed by atoms with Gasteiger partial charge in [-0.1, -0.05) is 41.4 Å². The minimum atomic E-state index is 0.230. The lowest BCUT2D eigenvalue weighted by atomic mass is 10.00.